The third-order valence-electron chi connectivity index (χ3n) is 5.00. The van der Waals surface area contributed by atoms with Crippen molar-refractivity contribution in [1.82, 2.24) is 10.2 Å². The summed E-state index contributed by atoms with van der Waals surface area (Å²) in [7, 11) is 7.45. The average molecular weight is 405 g/mol. The zero-order valence-corrected chi connectivity index (χ0v) is 17.8. The van der Waals surface area contributed by atoms with Crippen molar-refractivity contribution in [2.24, 2.45) is 0 Å². The predicted octanol–water partition coefficient (Wildman–Crippen LogP) is 3.92. The first-order valence-electron chi connectivity index (χ1n) is 9.58. The Balaban J connectivity index is 1.88. The molecule has 0 bridgehead atoms. The lowest BCUT2D eigenvalue weighted by molar-refractivity contribution is 0.267. The molecule has 152 valence electrons. The maximum atomic E-state index is 6.36. The summed E-state index contributed by atoms with van der Waals surface area (Å²) in [5.74, 6) is 2.26. The van der Waals surface area contributed by atoms with Crippen LogP contribution in [0, 0.1) is 0 Å². The highest BCUT2D eigenvalue weighted by atomic mass is 35.5. The summed E-state index contributed by atoms with van der Waals surface area (Å²) in [6.45, 7) is 2.54. The van der Waals surface area contributed by atoms with Gasteiger partial charge in [-0.1, -0.05) is 17.7 Å². The molecule has 1 atom stereocenters. The largest absolute Gasteiger partial charge is 0.495 e. The smallest absolute Gasteiger partial charge is 0.161 e. The van der Waals surface area contributed by atoms with Crippen molar-refractivity contribution in [1.29, 1.82) is 0 Å². The van der Waals surface area contributed by atoms with E-state index in [4.69, 9.17) is 25.8 Å². The standard InChI is InChI=1S/C22H29ClN2O3/c1-25(2)10-5-11-28-21-14-17-15(13-20(21)27-4)8-9-24-22(17)16-6-7-19(26-3)18(23)12-16/h6-7,12-14,22,24H,5,8-11H2,1-4H3. The molecule has 1 heterocycles. The molecule has 0 aromatic heterocycles. The van der Waals surface area contributed by atoms with Crippen LogP contribution in [0.2, 0.25) is 5.02 Å². The van der Waals surface area contributed by atoms with E-state index < -0.39 is 0 Å². The van der Waals surface area contributed by atoms with Gasteiger partial charge in [-0.15, -0.1) is 0 Å². The lowest BCUT2D eigenvalue weighted by Crippen LogP contribution is -2.30. The summed E-state index contributed by atoms with van der Waals surface area (Å²) < 4.78 is 16.9. The van der Waals surface area contributed by atoms with Crippen LogP contribution in [0.1, 0.15) is 29.2 Å². The van der Waals surface area contributed by atoms with Crippen molar-refractivity contribution in [3.63, 3.8) is 0 Å². The van der Waals surface area contributed by atoms with E-state index in [0.717, 1.165) is 43.0 Å². The number of nitrogens with one attached hydrogen (secondary N) is 1. The zero-order valence-electron chi connectivity index (χ0n) is 17.0. The Morgan fingerprint density at radius 1 is 1.07 bits per heavy atom. The van der Waals surface area contributed by atoms with Crippen LogP contribution in [0.15, 0.2) is 30.3 Å². The highest BCUT2D eigenvalue weighted by Crippen LogP contribution is 2.39. The molecule has 1 aliphatic rings. The van der Waals surface area contributed by atoms with E-state index in [1.807, 2.05) is 12.1 Å². The monoisotopic (exact) mass is 404 g/mol. The highest BCUT2D eigenvalue weighted by Gasteiger charge is 2.24. The molecule has 6 heteroatoms. The molecule has 3 rings (SSSR count). The van der Waals surface area contributed by atoms with Gasteiger partial charge in [-0.05, 0) is 67.9 Å². The van der Waals surface area contributed by atoms with Crippen LogP contribution >= 0.6 is 11.6 Å². The molecular formula is C22H29ClN2O3. The summed E-state index contributed by atoms with van der Waals surface area (Å²) in [6.07, 6.45) is 1.91. The van der Waals surface area contributed by atoms with Crippen LogP contribution in [0.5, 0.6) is 17.2 Å². The minimum Gasteiger partial charge on any atom is -0.495 e. The number of hydrogen-bond acceptors (Lipinski definition) is 5. The van der Waals surface area contributed by atoms with E-state index in [0.29, 0.717) is 17.4 Å². The number of benzene rings is 2. The summed E-state index contributed by atoms with van der Waals surface area (Å²) in [5.41, 5.74) is 3.58. The third-order valence-corrected chi connectivity index (χ3v) is 5.29. The van der Waals surface area contributed by atoms with Crippen molar-refractivity contribution in [3.05, 3.63) is 52.0 Å². The quantitative estimate of drug-likeness (QED) is 0.675. The van der Waals surface area contributed by atoms with Crippen molar-refractivity contribution < 1.29 is 14.2 Å². The van der Waals surface area contributed by atoms with Crippen LogP contribution in [-0.2, 0) is 6.42 Å². The van der Waals surface area contributed by atoms with Gasteiger partial charge in [0, 0.05) is 13.1 Å². The Kier molecular flexibility index (Phi) is 7.05. The minimum absolute atomic E-state index is 0.0576. The lowest BCUT2D eigenvalue weighted by atomic mass is 9.89. The fourth-order valence-electron chi connectivity index (χ4n) is 3.56. The zero-order chi connectivity index (χ0) is 20.1. The van der Waals surface area contributed by atoms with Crippen molar-refractivity contribution >= 4 is 11.6 Å². The number of hydrogen-bond donors (Lipinski definition) is 1. The van der Waals surface area contributed by atoms with E-state index in [-0.39, 0.29) is 6.04 Å². The van der Waals surface area contributed by atoms with Gasteiger partial charge in [-0.3, -0.25) is 0 Å². The molecule has 0 amide bonds. The Morgan fingerprint density at radius 3 is 2.54 bits per heavy atom. The fourth-order valence-corrected chi connectivity index (χ4v) is 3.83. The average Bonchev–Trinajstić information content (AvgIpc) is 2.69. The van der Waals surface area contributed by atoms with Crippen LogP contribution in [0.4, 0.5) is 0 Å². The summed E-state index contributed by atoms with van der Waals surface area (Å²) in [6, 6.07) is 10.2. The first-order valence-corrected chi connectivity index (χ1v) is 9.96. The van der Waals surface area contributed by atoms with Gasteiger partial charge in [-0.25, -0.2) is 0 Å². The van der Waals surface area contributed by atoms with Gasteiger partial charge < -0.3 is 24.4 Å². The van der Waals surface area contributed by atoms with Crippen molar-refractivity contribution in [3.8, 4) is 17.2 Å². The van der Waals surface area contributed by atoms with E-state index in [9.17, 15) is 0 Å². The van der Waals surface area contributed by atoms with Crippen LogP contribution in [-0.4, -0.2) is 52.9 Å². The van der Waals surface area contributed by atoms with Gasteiger partial charge in [0.15, 0.2) is 11.5 Å². The van der Waals surface area contributed by atoms with Crippen LogP contribution in [0.25, 0.3) is 0 Å². The number of ether oxygens (including phenoxy) is 3. The van der Waals surface area contributed by atoms with Gasteiger partial charge in [0.25, 0.3) is 0 Å². The molecule has 0 fully saturated rings. The van der Waals surface area contributed by atoms with E-state index in [2.05, 4.69) is 42.5 Å². The molecule has 2 aromatic rings. The Hall–Kier alpha value is -1.95. The molecule has 0 saturated heterocycles. The van der Waals surface area contributed by atoms with Gasteiger partial charge in [0.1, 0.15) is 5.75 Å². The molecule has 2 aromatic carbocycles. The van der Waals surface area contributed by atoms with Crippen molar-refractivity contribution in [2.75, 3.05) is 48.0 Å². The molecule has 1 aliphatic heterocycles. The second-order valence-corrected chi connectivity index (χ2v) is 7.65. The first-order chi connectivity index (χ1) is 13.5. The molecule has 1 unspecified atom stereocenters. The minimum atomic E-state index is 0.0576. The molecular weight excluding hydrogens is 376 g/mol. The maximum absolute atomic E-state index is 6.36. The Bertz CT molecular complexity index is 811. The fraction of sp³-hybridized carbons (Fsp3) is 0.455. The molecule has 0 spiro atoms. The maximum Gasteiger partial charge on any atom is 0.161 e. The van der Waals surface area contributed by atoms with Gasteiger partial charge >= 0.3 is 0 Å². The molecule has 5 nitrogen and oxygen atoms in total. The molecule has 28 heavy (non-hydrogen) atoms. The molecule has 0 radical (unpaired) electrons. The normalized spacial score (nSPS) is 16.0. The molecule has 1 N–H and O–H groups in total. The number of fused-ring (bicyclic) bond motifs is 1. The Labute approximate surface area is 172 Å². The van der Waals surface area contributed by atoms with Crippen LogP contribution < -0.4 is 19.5 Å². The van der Waals surface area contributed by atoms with Crippen LogP contribution in [0.3, 0.4) is 0 Å². The second-order valence-electron chi connectivity index (χ2n) is 7.24. The SMILES string of the molecule is COc1ccc(C2NCCc3cc(OC)c(OCCCN(C)C)cc32)cc1Cl. The highest BCUT2D eigenvalue weighted by molar-refractivity contribution is 6.32. The molecule has 0 aliphatic carbocycles. The third kappa shape index (κ3) is 4.72. The predicted molar refractivity (Wildman–Crippen MR) is 113 cm³/mol. The number of halogens is 1. The summed E-state index contributed by atoms with van der Waals surface area (Å²) in [5, 5.41) is 4.21. The van der Waals surface area contributed by atoms with Gasteiger partial charge in [0.05, 0.1) is 31.9 Å². The topological polar surface area (TPSA) is 43.0 Å². The van der Waals surface area contributed by atoms with Gasteiger partial charge in [0.2, 0.25) is 0 Å². The van der Waals surface area contributed by atoms with Gasteiger partial charge in [-0.2, -0.15) is 0 Å². The number of methoxy groups -OCH3 is 2. The van der Waals surface area contributed by atoms with E-state index in [1.165, 1.54) is 11.1 Å². The van der Waals surface area contributed by atoms with Crippen molar-refractivity contribution in [2.45, 2.75) is 18.9 Å². The second kappa shape index (κ2) is 9.50. The summed E-state index contributed by atoms with van der Waals surface area (Å²) in [4.78, 5) is 2.15. The van der Waals surface area contributed by atoms with E-state index >= 15 is 0 Å². The lowest BCUT2D eigenvalue weighted by Gasteiger charge is -2.29. The first kappa shape index (κ1) is 20.8. The van der Waals surface area contributed by atoms with E-state index in [1.54, 1.807) is 14.2 Å². The number of nitrogens with zero attached hydrogens (tertiary/aromatic N) is 1. The summed E-state index contributed by atoms with van der Waals surface area (Å²) >= 11 is 6.36. The molecule has 0 saturated carbocycles. The Morgan fingerprint density at radius 2 is 1.86 bits per heavy atom. The number of rotatable bonds is 8.